The highest BCUT2D eigenvalue weighted by atomic mass is 19.1. The van der Waals surface area contributed by atoms with E-state index < -0.39 is 0 Å². The standard InChI is InChI=1S/C22H33FN6/c1-22(2,28-14-5-4-6-15-28)17-26-21(24-3)25-13-11-19-12-16-29(27-19)20-9-7-18(23)8-10-20/h7-10,12,16H,4-6,11,13-15,17H2,1-3H3,(H2,24,25,26). The molecule has 0 bridgehead atoms. The van der Waals surface area contributed by atoms with Gasteiger partial charge in [0.2, 0.25) is 0 Å². The van der Waals surface area contributed by atoms with Crippen LogP contribution in [0.25, 0.3) is 5.69 Å². The summed E-state index contributed by atoms with van der Waals surface area (Å²) in [5, 5.41) is 11.4. The van der Waals surface area contributed by atoms with Crippen LogP contribution in [0.15, 0.2) is 41.5 Å². The van der Waals surface area contributed by atoms with Crippen molar-refractivity contribution < 1.29 is 4.39 Å². The van der Waals surface area contributed by atoms with E-state index >= 15 is 0 Å². The number of halogens is 1. The van der Waals surface area contributed by atoms with Gasteiger partial charge in [-0.2, -0.15) is 5.10 Å². The fraction of sp³-hybridized carbons (Fsp3) is 0.545. The fourth-order valence-corrected chi connectivity index (χ4v) is 3.67. The summed E-state index contributed by atoms with van der Waals surface area (Å²) in [6.07, 6.45) is 6.61. The molecule has 0 radical (unpaired) electrons. The van der Waals surface area contributed by atoms with Gasteiger partial charge in [0.25, 0.3) is 0 Å². The second-order valence-corrected chi connectivity index (χ2v) is 8.19. The van der Waals surface area contributed by atoms with Crippen LogP contribution in [0, 0.1) is 5.82 Å². The molecule has 0 aliphatic carbocycles. The van der Waals surface area contributed by atoms with Crippen LogP contribution < -0.4 is 10.6 Å². The van der Waals surface area contributed by atoms with Gasteiger partial charge in [0, 0.05) is 38.3 Å². The van der Waals surface area contributed by atoms with E-state index in [9.17, 15) is 4.39 Å². The van der Waals surface area contributed by atoms with Gasteiger partial charge in [-0.05, 0) is 70.1 Å². The Bertz CT molecular complexity index is 790. The number of piperidine rings is 1. The molecular weight excluding hydrogens is 367 g/mol. The molecule has 2 heterocycles. The zero-order valence-electron chi connectivity index (χ0n) is 17.8. The quantitative estimate of drug-likeness (QED) is 0.554. The van der Waals surface area contributed by atoms with E-state index in [1.165, 1.54) is 44.5 Å². The van der Waals surface area contributed by atoms with Gasteiger partial charge >= 0.3 is 0 Å². The van der Waals surface area contributed by atoms with Crippen LogP contribution in [0.3, 0.4) is 0 Å². The number of benzene rings is 1. The monoisotopic (exact) mass is 400 g/mol. The topological polar surface area (TPSA) is 57.5 Å². The number of guanidine groups is 1. The molecular formula is C22H33FN6. The predicted octanol–water partition coefficient (Wildman–Crippen LogP) is 2.98. The average Bonchev–Trinajstić information content (AvgIpc) is 3.20. The lowest BCUT2D eigenvalue weighted by molar-refractivity contribution is 0.0982. The van der Waals surface area contributed by atoms with Crippen molar-refractivity contribution in [3.63, 3.8) is 0 Å². The molecule has 1 aliphatic rings. The number of rotatable bonds is 7. The first-order chi connectivity index (χ1) is 14.0. The summed E-state index contributed by atoms with van der Waals surface area (Å²) in [7, 11) is 1.80. The maximum Gasteiger partial charge on any atom is 0.191 e. The maximum absolute atomic E-state index is 13.1. The van der Waals surface area contributed by atoms with E-state index in [1.54, 1.807) is 23.9 Å². The Hall–Kier alpha value is -2.41. The number of aromatic nitrogens is 2. The lowest BCUT2D eigenvalue weighted by Gasteiger charge is -2.41. The molecule has 1 aliphatic heterocycles. The van der Waals surface area contributed by atoms with Gasteiger partial charge in [-0.1, -0.05) is 6.42 Å². The predicted molar refractivity (Wildman–Crippen MR) is 116 cm³/mol. The molecule has 1 aromatic heterocycles. The van der Waals surface area contributed by atoms with Crippen molar-refractivity contribution in [2.24, 2.45) is 4.99 Å². The van der Waals surface area contributed by atoms with E-state index in [0.29, 0.717) is 0 Å². The zero-order chi connectivity index (χ0) is 20.7. The third-order valence-electron chi connectivity index (χ3n) is 5.53. The minimum absolute atomic E-state index is 0.103. The summed E-state index contributed by atoms with van der Waals surface area (Å²) in [6, 6.07) is 8.32. The Morgan fingerprint density at radius 1 is 1.10 bits per heavy atom. The van der Waals surface area contributed by atoms with Gasteiger partial charge in [-0.15, -0.1) is 0 Å². The summed E-state index contributed by atoms with van der Waals surface area (Å²) in [5.74, 6) is 0.570. The first-order valence-electron chi connectivity index (χ1n) is 10.5. The molecule has 1 saturated heterocycles. The molecule has 1 aromatic carbocycles. The summed E-state index contributed by atoms with van der Waals surface area (Å²) < 4.78 is 14.8. The van der Waals surface area contributed by atoms with E-state index in [1.807, 2.05) is 12.3 Å². The molecule has 0 unspecified atom stereocenters. The molecule has 0 spiro atoms. The molecule has 3 rings (SSSR count). The van der Waals surface area contributed by atoms with Crippen LogP contribution in [0.5, 0.6) is 0 Å². The largest absolute Gasteiger partial charge is 0.356 e. The molecule has 2 N–H and O–H groups in total. The fourth-order valence-electron chi connectivity index (χ4n) is 3.67. The average molecular weight is 401 g/mol. The van der Waals surface area contributed by atoms with Crippen LogP contribution in [0.1, 0.15) is 38.8 Å². The van der Waals surface area contributed by atoms with Crippen LogP contribution in [0.4, 0.5) is 4.39 Å². The molecule has 0 atom stereocenters. The van der Waals surface area contributed by atoms with Gasteiger partial charge in [0.1, 0.15) is 5.82 Å². The molecule has 2 aromatic rings. The Balaban J connectivity index is 1.44. The van der Waals surface area contributed by atoms with Gasteiger partial charge in [0.15, 0.2) is 5.96 Å². The Morgan fingerprint density at radius 2 is 1.83 bits per heavy atom. The van der Waals surface area contributed by atoms with Gasteiger partial charge < -0.3 is 10.6 Å². The zero-order valence-corrected chi connectivity index (χ0v) is 17.8. The van der Waals surface area contributed by atoms with Crippen molar-refractivity contribution in [2.45, 2.75) is 45.1 Å². The van der Waals surface area contributed by atoms with Gasteiger partial charge in [-0.3, -0.25) is 9.89 Å². The number of aliphatic imine (C=N–C) groups is 1. The Kier molecular flexibility index (Phi) is 7.25. The number of hydrogen-bond donors (Lipinski definition) is 2. The number of likely N-dealkylation sites (tertiary alicyclic amines) is 1. The minimum Gasteiger partial charge on any atom is -0.356 e. The first-order valence-corrected chi connectivity index (χ1v) is 10.5. The highest BCUT2D eigenvalue weighted by Crippen LogP contribution is 2.19. The molecule has 6 nitrogen and oxygen atoms in total. The smallest absolute Gasteiger partial charge is 0.191 e. The van der Waals surface area contributed by atoms with Crippen molar-refractivity contribution >= 4 is 5.96 Å². The normalized spacial score (nSPS) is 16.1. The highest BCUT2D eigenvalue weighted by molar-refractivity contribution is 5.79. The van der Waals surface area contributed by atoms with Crippen LogP contribution in [-0.4, -0.2) is 59.4 Å². The van der Waals surface area contributed by atoms with Crippen LogP contribution >= 0.6 is 0 Å². The molecule has 7 heteroatoms. The van der Waals surface area contributed by atoms with Crippen molar-refractivity contribution in [3.8, 4) is 5.69 Å². The molecule has 0 saturated carbocycles. The van der Waals surface area contributed by atoms with Gasteiger partial charge in [0.05, 0.1) is 11.4 Å². The van der Waals surface area contributed by atoms with E-state index in [-0.39, 0.29) is 11.4 Å². The highest BCUT2D eigenvalue weighted by Gasteiger charge is 2.27. The number of hydrogen-bond acceptors (Lipinski definition) is 3. The summed E-state index contributed by atoms with van der Waals surface area (Å²) in [6.45, 7) is 8.53. The minimum atomic E-state index is -0.243. The SMILES string of the molecule is CN=C(NCCc1ccn(-c2ccc(F)cc2)n1)NCC(C)(C)N1CCCCC1. The third-order valence-corrected chi connectivity index (χ3v) is 5.53. The Morgan fingerprint density at radius 3 is 2.52 bits per heavy atom. The first kappa shape index (κ1) is 21.3. The van der Waals surface area contributed by atoms with Crippen LogP contribution in [0.2, 0.25) is 0 Å². The second-order valence-electron chi connectivity index (χ2n) is 8.19. The molecule has 29 heavy (non-hydrogen) atoms. The molecule has 0 amide bonds. The van der Waals surface area contributed by atoms with Crippen molar-refractivity contribution in [3.05, 3.63) is 48.0 Å². The maximum atomic E-state index is 13.1. The lowest BCUT2D eigenvalue weighted by atomic mass is 9.98. The number of nitrogens with one attached hydrogen (secondary N) is 2. The van der Waals surface area contributed by atoms with E-state index in [4.69, 9.17) is 0 Å². The second kappa shape index (κ2) is 9.87. The molecule has 1 fully saturated rings. The van der Waals surface area contributed by atoms with E-state index in [0.717, 1.165) is 36.9 Å². The van der Waals surface area contributed by atoms with Gasteiger partial charge in [-0.25, -0.2) is 9.07 Å². The lowest BCUT2D eigenvalue weighted by Crippen LogP contribution is -2.55. The van der Waals surface area contributed by atoms with Crippen molar-refractivity contribution in [1.82, 2.24) is 25.3 Å². The summed E-state index contributed by atoms with van der Waals surface area (Å²) >= 11 is 0. The molecule has 158 valence electrons. The van der Waals surface area contributed by atoms with Crippen molar-refractivity contribution in [1.29, 1.82) is 0 Å². The van der Waals surface area contributed by atoms with Crippen molar-refractivity contribution in [2.75, 3.05) is 33.2 Å². The van der Waals surface area contributed by atoms with E-state index in [2.05, 4.69) is 39.5 Å². The summed E-state index contributed by atoms with van der Waals surface area (Å²) in [4.78, 5) is 6.91. The third kappa shape index (κ3) is 6.03. The Labute approximate surface area is 173 Å². The summed E-state index contributed by atoms with van der Waals surface area (Å²) in [5.41, 5.74) is 1.93. The number of nitrogens with zero attached hydrogens (tertiary/aromatic N) is 4. The van der Waals surface area contributed by atoms with Crippen LogP contribution in [-0.2, 0) is 6.42 Å².